The van der Waals surface area contributed by atoms with Gasteiger partial charge in [-0.1, -0.05) is 0 Å². The van der Waals surface area contributed by atoms with Crippen molar-refractivity contribution in [1.82, 2.24) is 10.6 Å². The second-order valence-corrected chi connectivity index (χ2v) is 7.29. The van der Waals surface area contributed by atoms with Crippen LogP contribution >= 0.6 is 24.0 Å². The third kappa shape index (κ3) is 7.53. The fourth-order valence-electron chi connectivity index (χ4n) is 3.51. The maximum atomic E-state index is 5.83. The smallest absolute Gasteiger partial charge is 0.191 e. The lowest BCUT2D eigenvalue weighted by Crippen LogP contribution is -2.46. The summed E-state index contributed by atoms with van der Waals surface area (Å²) in [6.07, 6.45) is 8.03. The van der Waals surface area contributed by atoms with Crippen molar-refractivity contribution in [1.29, 1.82) is 0 Å². The molecule has 2 aliphatic heterocycles. The molecule has 1 aromatic heterocycles. The van der Waals surface area contributed by atoms with Gasteiger partial charge in [0.2, 0.25) is 0 Å². The van der Waals surface area contributed by atoms with Crippen LogP contribution < -0.4 is 10.6 Å². The van der Waals surface area contributed by atoms with Crippen molar-refractivity contribution in [2.24, 2.45) is 4.99 Å². The van der Waals surface area contributed by atoms with Gasteiger partial charge >= 0.3 is 0 Å². The summed E-state index contributed by atoms with van der Waals surface area (Å²) in [4.78, 5) is 4.82. The minimum absolute atomic E-state index is 0. The second-order valence-electron chi connectivity index (χ2n) is 7.29. The summed E-state index contributed by atoms with van der Waals surface area (Å²) < 4.78 is 22.5. The molecule has 2 saturated heterocycles. The van der Waals surface area contributed by atoms with Crippen LogP contribution in [0.25, 0.3) is 0 Å². The number of hydrogen-bond donors (Lipinski definition) is 2. The molecule has 3 heterocycles. The van der Waals surface area contributed by atoms with Gasteiger partial charge in [0, 0.05) is 59.3 Å². The molecule has 0 aliphatic carbocycles. The highest BCUT2D eigenvalue weighted by molar-refractivity contribution is 14.0. The van der Waals surface area contributed by atoms with Gasteiger partial charge in [0.15, 0.2) is 5.96 Å². The lowest BCUT2D eigenvalue weighted by atomic mass is 9.94. The SMILES string of the molecule is COC1(CN=C(NCCc2ccco2)NCC2CCCCO2)CCOCC1.I. The van der Waals surface area contributed by atoms with Crippen LogP contribution in [0, 0.1) is 0 Å². The third-order valence-electron chi connectivity index (χ3n) is 5.38. The first-order valence-corrected chi connectivity index (χ1v) is 10.1. The predicted octanol–water partition coefficient (Wildman–Crippen LogP) is 2.74. The standard InChI is InChI=1S/C20H33N3O4.HI/c1-24-20(8-13-25-14-9-20)16-23-19(21-10-7-17-6-4-12-26-17)22-15-18-5-2-3-11-27-18;/h4,6,12,18H,2-3,5,7-11,13-16H2,1H3,(H2,21,22,23);1H. The fraction of sp³-hybridized carbons (Fsp3) is 0.750. The molecule has 0 saturated carbocycles. The summed E-state index contributed by atoms with van der Waals surface area (Å²) >= 11 is 0. The molecule has 1 unspecified atom stereocenters. The van der Waals surface area contributed by atoms with Crippen molar-refractivity contribution >= 4 is 29.9 Å². The van der Waals surface area contributed by atoms with Gasteiger partial charge in [-0.15, -0.1) is 24.0 Å². The Morgan fingerprint density at radius 1 is 1.25 bits per heavy atom. The van der Waals surface area contributed by atoms with Crippen LogP contribution in [0.4, 0.5) is 0 Å². The van der Waals surface area contributed by atoms with Gasteiger partial charge in [-0.3, -0.25) is 4.99 Å². The van der Waals surface area contributed by atoms with Crippen LogP contribution in [-0.4, -0.2) is 64.2 Å². The van der Waals surface area contributed by atoms with Gasteiger partial charge < -0.3 is 29.3 Å². The summed E-state index contributed by atoms with van der Waals surface area (Å²) in [5, 5.41) is 6.86. The van der Waals surface area contributed by atoms with Gasteiger partial charge in [-0.25, -0.2) is 0 Å². The van der Waals surface area contributed by atoms with E-state index in [0.29, 0.717) is 6.54 Å². The van der Waals surface area contributed by atoms with Crippen LogP contribution in [-0.2, 0) is 20.6 Å². The number of nitrogens with one attached hydrogen (secondary N) is 2. The van der Waals surface area contributed by atoms with E-state index >= 15 is 0 Å². The van der Waals surface area contributed by atoms with E-state index in [0.717, 1.165) is 76.7 Å². The largest absolute Gasteiger partial charge is 0.469 e. The summed E-state index contributed by atoms with van der Waals surface area (Å²) in [5.74, 6) is 1.77. The summed E-state index contributed by atoms with van der Waals surface area (Å²) in [7, 11) is 1.77. The van der Waals surface area contributed by atoms with Crippen molar-refractivity contribution in [2.45, 2.75) is 50.2 Å². The number of rotatable bonds is 8. The van der Waals surface area contributed by atoms with E-state index in [9.17, 15) is 0 Å². The zero-order valence-corrected chi connectivity index (χ0v) is 19.1. The summed E-state index contributed by atoms with van der Waals surface area (Å²) in [5.41, 5.74) is -0.227. The zero-order valence-electron chi connectivity index (χ0n) is 16.8. The predicted molar refractivity (Wildman–Crippen MR) is 120 cm³/mol. The number of nitrogens with zero attached hydrogens (tertiary/aromatic N) is 1. The van der Waals surface area contributed by atoms with E-state index in [4.69, 9.17) is 23.6 Å². The maximum absolute atomic E-state index is 5.83. The van der Waals surface area contributed by atoms with Crippen molar-refractivity contribution in [2.75, 3.05) is 46.6 Å². The van der Waals surface area contributed by atoms with E-state index in [1.807, 2.05) is 12.1 Å². The van der Waals surface area contributed by atoms with Gasteiger partial charge in [0.25, 0.3) is 0 Å². The number of hydrogen-bond acceptors (Lipinski definition) is 5. The average molecular weight is 507 g/mol. The molecule has 0 bridgehead atoms. The van der Waals surface area contributed by atoms with Crippen molar-refractivity contribution < 1.29 is 18.6 Å². The molecule has 2 fully saturated rings. The van der Waals surface area contributed by atoms with Gasteiger partial charge in [-0.05, 0) is 31.4 Å². The molecule has 8 heteroatoms. The first-order valence-electron chi connectivity index (χ1n) is 10.1. The molecule has 3 rings (SSSR count). The number of ether oxygens (including phenoxy) is 3. The molecule has 2 aliphatic rings. The van der Waals surface area contributed by atoms with E-state index in [2.05, 4.69) is 10.6 Å². The molecule has 0 aromatic carbocycles. The monoisotopic (exact) mass is 507 g/mol. The van der Waals surface area contributed by atoms with Crippen LogP contribution in [0.3, 0.4) is 0 Å². The Hall–Kier alpha value is -0.840. The second kappa shape index (κ2) is 12.7. The van der Waals surface area contributed by atoms with Crippen LogP contribution in [0.2, 0.25) is 0 Å². The number of methoxy groups -OCH3 is 1. The van der Waals surface area contributed by atoms with Crippen molar-refractivity contribution in [3.63, 3.8) is 0 Å². The van der Waals surface area contributed by atoms with E-state index in [-0.39, 0.29) is 35.7 Å². The maximum Gasteiger partial charge on any atom is 0.191 e. The molecule has 28 heavy (non-hydrogen) atoms. The van der Waals surface area contributed by atoms with E-state index in [1.54, 1.807) is 13.4 Å². The normalized spacial score (nSPS) is 22.3. The molecule has 0 amide bonds. The first-order chi connectivity index (χ1) is 13.3. The molecule has 160 valence electrons. The Morgan fingerprint density at radius 2 is 2.11 bits per heavy atom. The molecule has 1 aromatic rings. The van der Waals surface area contributed by atoms with Crippen LogP contribution in [0.1, 0.15) is 37.9 Å². The quantitative estimate of drug-likeness (QED) is 0.320. The lowest BCUT2D eigenvalue weighted by molar-refractivity contribution is -0.0828. The molecule has 1 atom stereocenters. The molecular weight excluding hydrogens is 473 g/mol. The minimum atomic E-state index is -0.227. The summed E-state index contributed by atoms with van der Waals surface area (Å²) in [6.45, 7) is 4.47. The number of aliphatic imine (C=N–C) groups is 1. The Morgan fingerprint density at radius 3 is 2.79 bits per heavy atom. The first kappa shape index (κ1) is 23.4. The average Bonchev–Trinajstić information content (AvgIpc) is 3.24. The van der Waals surface area contributed by atoms with Gasteiger partial charge in [0.05, 0.1) is 24.5 Å². The molecule has 7 nitrogen and oxygen atoms in total. The summed E-state index contributed by atoms with van der Waals surface area (Å²) in [6, 6.07) is 3.90. The lowest BCUT2D eigenvalue weighted by Gasteiger charge is -2.34. The Balaban J connectivity index is 0.00000280. The highest BCUT2D eigenvalue weighted by Gasteiger charge is 2.32. The molecule has 0 radical (unpaired) electrons. The third-order valence-corrected chi connectivity index (χ3v) is 5.38. The molecular formula is C20H34IN3O4. The van der Waals surface area contributed by atoms with Crippen molar-refractivity contribution in [3.05, 3.63) is 24.2 Å². The number of furan rings is 1. The van der Waals surface area contributed by atoms with Gasteiger partial charge in [0.1, 0.15) is 5.76 Å². The van der Waals surface area contributed by atoms with Crippen LogP contribution in [0.5, 0.6) is 0 Å². The highest BCUT2D eigenvalue weighted by atomic mass is 127. The Kier molecular flexibility index (Phi) is 10.6. The van der Waals surface area contributed by atoms with E-state index in [1.165, 1.54) is 6.42 Å². The minimum Gasteiger partial charge on any atom is -0.469 e. The highest BCUT2D eigenvalue weighted by Crippen LogP contribution is 2.24. The van der Waals surface area contributed by atoms with Gasteiger partial charge in [-0.2, -0.15) is 0 Å². The van der Waals surface area contributed by atoms with Crippen molar-refractivity contribution in [3.8, 4) is 0 Å². The molecule has 0 spiro atoms. The van der Waals surface area contributed by atoms with E-state index < -0.39 is 0 Å². The Labute approximate surface area is 185 Å². The Bertz CT molecular complexity index is 556. The molecule has 2 N–H and O–H groups in total. The van der Waals surface area contributed by atoms with Crippen LogP contribution in [0.15, 0.2) is 27.8 Å². The topological polar surface area (TPSA) is 77.2 Å². The fourth-order valence-corrected chi connectivity index (χ4v) is 3.51. The number of guanidine groups is 1. The zero-order chi connectivity index (χ0) is 18.8. The number of halogens is 1.